The lowest BCUT2D eigenvalue weighted by molar-refractivity contribution is -0.0368. The minimum Gasteiger partial charge on any atom is -0.377 e. The van der Waals surface area contributed by atoms with Crippen molar-refractivity contribution in [3.8, 4) is 0 Å². The van der Waals surface area contributed by atoms with Crippen molar-refractivity contribution in [2.75, 3.05) is 25.1 Å². The largest absolute Gasteiger partial charge is 0.377 e. The third-order valence-corrected chi connectivity index (χ3v) is 6.28. The van der Waals surface area contributed by atoms with Gasteiger partial charge in [0.1, 0.15) is 4.83 Å². The molecule has 0 unspecified atom stereocenters. The molecule has 0 bridgehead atoms. The fourth-order valence-corrected chi connectivity index (χ4v) is 4.99. The van der Waals surface area contributed by atoms with Crippen LogP contribution in [-0.4, -0.2) is 41.1 Å². The van der Waals surface area contributed by atoms with Crippen LogP contribution in [0.15, 0.2) is 36.4 Å². The van der Waals surface area contributed by atoms with Gasteiger partial charge in [-0.2, -0.15) is 0 Å². The molecule has 1 N–H and O–H groups in total. The van der Waals surface area contributed by atoms with E-state index in [1.807, 2.05) is 55.1 Å². The highest BCUT2D eigenvalue weighted by Crippen LogP contribution is 2.35. The summed E-state index contributed by atoms with van der Waals surface area (Å²) in [6, 6.07) is 11.9. The van der Waals surface area contributed by atoms with Crippen molar-refractivity contribution in [1.29, 1.82) is 0 Å². The van der Waals surface area contributed by atoms with Crippen LogP contribution in [0.4, 0.5) is 10.8 Å². The van der Waals surface area contributed by atoms with Gasteiger partial charge in [-0.15, -0.1) is 11.3 Å². The summed E-state index contributed by atoms with van der Waals surface area (Å²) >= 11 is 3.03. The topological polar surface area (TPSA) is 54.5 Å². The number of amides is 1. The van der Waals surface area contributed by atoms with E-state index in [2.05, 4.69) is 10.3 Å². The van der Waals surface area contributed by atoms with E-state index in [4.69, 9.17) is 4.74 Å². The summed E-state index contributed by atoms with van der Waals surface area (Å²) in [4.78, 5) is 21.1. The van der Waals surface area contributed by atoms with Crippen LogP contribution in [0.2, 0.25) is 0 Å². The molecule has 1 saturated heterocycles. The second kappa shape index (κ2) is 6.40. The Bertz CT molecular complexity index is 870. The number of carbonyl (C=O) groups excluding carboxylic acids is 1. The van der Waals surface area contributed by atoms with E-state index >= 15 is 0 Å². The summed E-state index contributed by atoms with van der Waals surface area (Å²) in [6.45, 7) is 5.88. The zero-order valence-electron chi connectivity index (χ0n) is 14.1. The van der Waals surface area contributed by atoms with Crippen molar-refractivity contribution in [2.24, 2.45) is 0 Å². The quantitative estimate of drug-likeness (QED) is 0.741. The van der Waals surface area contributed by atoms with Crippen molar-refractivity contribution < 1.29 is 9.53 Å². The minimum atomic E-state index is -0.278. The minimum absolute atomic E-state index is 0.0704. The van der Waals surface area contributed by atoms with E-state index in [1.165, 1.54) is 11.3 Å². The van der Waals surface area contributed by atoms with E-state index in [1.54, 1.807) is 11.3 Å². The fourth-order valence-electron chi connectivity index (χ4n) is 2.91. The number of nitrogens with one attached hydrogen (secondary N) is 1. The zero-order valence-corrected chi connectivity index (χ0v) is 15.7. The van der Waals surface area contributed by atoms with Gasteiger partial charge in [-0.1, -0.05) is 29.5 Å². The van der Waals surface area contributed by atoms with Crippen LogP contribution in [0.5, 0.6) is 0 Å². The standard InChI is InChI=1S/C18H19N3O2S2/c1-18(2)11-23-9-8-21(18)16(22)14-10-13-15(24-14)20-17(25-13)19-12-6-4-3-5-7-12/h3-7,10H,8-9,11H2,1-2H3,(H,19,20). The number of para-hydroxylation sites is 1. The number of fused-ring (bicyclic) bond motifs is 1. The van der Waals surface area contributed by atoms with Crippen LogP contribution >= 0.6 is 22.7 Å². The van der Waals surface area contributed by atoms with Gasteiger partial charge in [0.15, 0.2) is 5.13 Å². The number of hydrogen-bond donors (Lipinski definition) is 1. The maximum Gasteiger partial charge on any atom is 0.264 e. The van der Waals surface area contributed by atoms with Gasteiger partial charge < -0.3 is 15.0 Å². The summed E-state index contributed by atoms with van der Waals surface area (Å²) in [5, 5.41) is 4.15. The lowest BCUT2D eigenvalue weighted by Crippen LogP contribution is -2.55. The highest BCUT2D eigenvalue weighted by atomic mass is 32.1. The summed E-state index contributed by atoms with van der Waals surface area (Å²) in [6.07, 6.45) is 0. The molecule has 1 aliphatic rings. The number of thiophene rings is 1. The number of aromatic nitrogens is 1. The fraction of sp³-hybridized carbons (Fsp3) is 0.333. The van der Waals surface area contributed by atoms with Gasteiger partial charge in [0.05, 0.1) is 28.3 Å². The Kier molecular flexibility index (Phi) is 4.23. The van der Waals surface area contributed by atoms with E-state index in [9.17, 15) is 4.79 Å². The second-order valence-corrected chi connectivity index (χ2v) is 8.67. The predicted molar refractivity (Wildman–Crippen MR) is 103 cm³/mol. The third-order valence-electron chi connectivity index (χ3n) is 4.22. The van der Waals surface area contributed by atoms with Gasteiger partial charge in [-0.25, -0.2) is 4.98 Å². The SMILES string of the molecule is CC1(C)COCCN1C(=O)c1cc2sc(Nc3ccccc3)nc2s1. The maximum absolute atomic E-state index is 12.9. The Hall–Kier alpha value is -1.96. The number of ether oxygens (including phenoxy) is 1. The van der Waals surface area contributed by atoms with Crippen molar-refractivity contribution in [2.45, 2.75) is 19.4 Å². The third kappa shape index (κ3) is 3.27. The number of benzene rings is 1. The number of morpholine rings is 1. The zero-order chi connectivity index (χ0) is 17.4. The molecule has 7 heteroatoms. The first-order chi connectivity index (χ1) is 12.0. The van der Waals surface area contributed by atoms with Crippen LogP contribution in [0.1, 0.15) is 23.5 Å². The Balaban J connectivity index is 1.56. The smallest absolute Gasteiger partial charge is 0.264 e. The first-order valence-electron chi connectivity index (χ1n) is 8.15. The first kappa shape index (κ1) is 16.5. The number of anilines is 2. The Morgan fingerprint density at radius 2 is 2.08 bits per heavy atom. The van der Waals surface area contributed by atoms with Crippen molar-refractivity contribution in [3.05, 3.63) is 41.3 Å². The van der Waals surface area contributed by atoms with Gasteiger partial charge in [0.2, 0.25) is 0 Å². The lowest BCUT2D eigenvalue weighted by Gasteiger charge is -2.41. The van der Waals surface area contributed by atoms with E-state index in [0.717, 1.165) is 25.2 Å². The van der Waals surface area contributed by atoms with Crippen molar-refractivity contribution in [1.82, 2.24) is 9.88 Å². The molecule has 0 atom stereocenters. The monoisotopic (exact) mass is 373 g/mol. The maximum atomic E-state index is 12.9. The van der Waals surface area contributed by atoms with Crippen LogP contribution in [0.3, 0.4) is 0 Å². The summed E-state index contributed by atoms with van der Waals surface area (Å²) < 4.78 is 6.55. The summed E-state index contributed by atoms with van der Waals surface area (Å²) in [5.41, 5.74) is 0.732. The molecule has 2 aromatic heterocycles. The van der Waals surface area contributed by atoms with E-state index in [0.29, 0.717) is 19.8 Å². The molecular weight excluding hydrogens is 354 g/mol. The van der Waals surface area contributed by atoms with Crippen molar-refractivity contribution in [3.63, 3.8) is 0 Å². The molecule has 1 aliphatic heterocycles. The van der Waals surface area contributed by atoms with Crippen LogP contribution in [-0.2, 0) is 4.74 Å². The number of rotatable bonds is 3. The van der Waals surface area contributed by atoms with E-state index < -0.39 is 0 Å². The van der Waals surface area contributed by atoms with Crippen LogP contribution in [0.25, 0.3) is 9.53 Å². The molecule has 25 heavy (non-hydrogen) atoms. The summed E-state index contributed by atoms with van der Waals surface area (Å²) in [7, 11) is 0. The normalized spacial score (nSPS) is 17.0. The number of nitrogens with zero attached hydrogens (tertiary/aromatic N) is 2. The molecule has 4 rings (SSSR count). The van der Waals surface area contributed by atoms with Gasteiger partial charge in [-0.05, 0) is 32.0 Å². The van der Waals surface area contributed by atoms with Crippen LogP contribution < -0.4 is 5.32 Å². The average molecular weight is 374 g/mol. The van der Waals surface area contributed by atoms with Gasteiger partial charge in [-0.3, -0.25) is 4.79 Å². The molecule has 1 fully saturated rings. The number of carbonyl (C=O) groups is 1. The Morgan fingerprint density at radius 1 is 1.28 bits per heavy atom. The first-order valence-corrected chi connectivity index (χ1v) is 9.78. The molecule has 3 heterocycles. The number of thiazole rings is 1. The molecule has 0 spiro atoms. The molecule has 0 radical (unpaired) electrons. The molecule has 130 valence electrons. The molecule has 0 saturated carbocycles. The van der Waals surface area contributed by atoms with Gasteiger partial charge in [0, 0.05) is 12.2 Å². The van der Waals surface area contributed by atoms with Crippen molar-refractivity contribution >= 4 is 48.9 Å². The average Bonchev–Trinajstić information content (AvgIpc) is 3.13. The predicted octanol–water partition coefficient (Wildman–Crippen LogP) is 4.35. The molecule has 5 nitrogen and oxygen atoms in total. The summed E-state index contributed by atoms with van der Waals surface area (Å²) in [5.74, 6) is 0.0704. The lowest BCUT2D eigenvalue weighted by atomic mass is 10.0. The van der Waals surface area contributed by atoms with Gasteiger partial charge >= 0.3 is 0 Å². The Morgan fingerprint density at radius 3 is 2.80 bits per heavy atom. The molecule has 1 aromatic carbocycles. The second-order valence-electron chi connectivity index (χ2n) is 6.61. The van der Waals surface area contributed by atoms with E-state index in [-0.39, 0.29) is 11.4 Å². The van der Waals surface area contributed by atoms with Gasteiger partial charge in [0.25, 0.3) is 5.91 Å². The molecule has 0 aliphatic carbocycles. The number of hydrogen-bond acceptors (Lipinski definition) is 6. The highest BCUT2D eigenvalue weighted by Gasteiger charge is 2.35. The molecule has 3 aromatic rings. The Labute approximate surface area is 154 Å². The van der Waals surface area contributed by atoms with Crippen LogP contribution in [0, 0.1) is 0 Å². The molecule has 1 amide bonds. The molecular formula is C18H19N3O2S2. The highest BCUT2D eigenvalue weighted by molar-refractivity contribution is 7.29.